The van der Waals surface area contributed by atoms with E-state index >= 15 is 0 Å². The second kappa shape index (κ2) is 7.50. The van der Waals surface area contributed by atoms with Gasteiger partial charge in [0.2, 0.25) is 0 Å². The summed E-state index contributed by atoms with van der Waals surface area (Å²) in [5, 5.41) is 23.8. The first-order valence-electron chi connectivity index (χ1n) is 7.88. The quantitative estimate of drug-likeness (QED) is 0.364. The van der Waals surface area contributed by atoms with Crippen LogP contribution in [-0.2, 0) is 4.65 Å². The Bertz CT molecular complexity index is 432. The normalized spacial score (nSPS) is 22.6. The lowest BCUT2D eigenvalue weighted by Crippen LogP contribution is -2.51. The molecule has 126 valence electrons. The number of aliphatic hydroxyl groups is 1. The van der Waals surface area contributed by atoms with Crippen molar-refractivity contribution < 1.29 is 14.8 Å². The molecule has 22 heavy (non-hydrogen) atoms. The molecular weight excluding hydrogens is 300 g/mol. The van der Waals surface area contributed by atoms with Crippen molar-refractivity contribution in [3.8, 4) is 0 Å². The molecule has 1 atom stereocenters. The smallest absolute Gasteiger partial charge is 0.423 e. The molecule has 0 bridgehead atoms. The van der Waals surface area contributed by atoms with Gasteiger partial charge in [0.05, 0.1) is 16.1 Å². The SMILES string of the molecule is CCCNCC1(Cl)C=C(B(O)OC(C)(C)C(C)(C)O)C=CC1. The third-order valence-corrected chi connectivity index (χ3v) is 4.60. The van der Waals surface area contributed by atoms with Crippen molar-refractivity contribution in [2.24, 2.45) is 0 Å². The summed E-state index contributed by atoms with van der Waals surface area (Å²) < 4.78 is 5.67. The first-order valence-corrected chi connectivity index (χ1v) is 8.26. The number of hydrogen-bond donors (Lipinski definition) is 3. The fraction of sp³-hybridized carbons (Fsp3) is 0.750. The van der Waals surface area contributed by atoms with E-state index in [1.165, 1.54) is 0 Å². The molecule has 0 aromatic rings. The molecule has 0 aromatic heterocycles. The van der Waals surface area contributed by atoms with Gasteiger partial charge in [-0.1, -0.05) is 25.2 Å². The Morgan fingerprint density at radius 1 is 1.41 bits per heavy atom. The highest BCUT2D eigenvalue weighted by molar-refractivity contribution is 6.53. The van der Waals surface area contributed by atoms with Gasteiger partial charge < -0.3 is 20.1 Å². The van der Waals surface area contributed by atoms with E-state index in [2.05, 4.69) is 12.2 Å². The molecule has 0 aliphatic heterocycles. The van der Waals surface area contributed by atoms with Gasteiger partial charge in [0.1, 0.15) is 0 Å². The Morgan fingerprint density at radius 2 is 2.05 bits per heavy atom. The van der Waals surface area contributed by atoms with Crippen LogP contribution in [0, 0.1) is 0 Å². The van der Waals surface area contributed by atoms with Crippen LogP contribution in [-0.4, -0.2) is 46.4 Å². The van der Waals surface area contributed by atoms with Gasteiger partial charge >= 0.3 is 7.12 Å². The van der Waals surface area contributed by atoms with Crippen molar-refractivity contribution in [3.05, 3.63) is 23.7 Å². The predicted molar refractivity (Wildman–Crippen MR) is 93.0 cm³/mol. The topological polar surface area (TPSA) is 61.7 Å². The fourth-order valence-electron chi connectivity index (χ4n) is 2.04. The summed E-state index contributed by atoms with van der Waals surface area (Å²) in [7, 11) is -1.12. The van der Waals surface area contributed by atoms with E-state index < -0.39 is 23.2 Å². The molecule has 0 amide bonds. The highest BCUT2D eigenvalue weighted by Crippen LogP contribution is 2.31. The molecule has 0 heterocycles. The van der Waals surface area contributed by atoms with E-state index in [0.717, 1.165) is 13.0 Å². The maximum atomic E-state index is 10.3. The van der Waals surface area contributed by atoms with Gasteiger partial charge in [-0.25, -0.2) is 0 Å². The summed E-state index contributed by atoms with van der Waals surface area (Å²) in [6.45, 7) is 10.5. The van der Waals surface area contributed by atoms with E-state index in [-0.39, 0.29) is 0 Å². The van der Waals surface area contributed by atoms with E-state index in [9.17, 15) is 10.1 Å². The average molecular weight is 330 g/mol. The minimum absolute atomic E-state index is 0.553. The number of allylic oxidation sites excluding steroid dienone is 3. The first kappa shape index (κ1) is 19.7. The van der Waals surface area contributed by atoms with Gasteiger partial charge in [-0.2, -0.15) is 0 Å². The third kappa shape index (κ3) is 5.39. The molecule has 0 radical (unpaired) electrons. The monoisotopic (exact) mass is 329 g/mol. The molecule has 1 aliphatic rings. The van der Waals surface area contributed by atoms with Crippen LogP contribution < -0.4 is 5.32 Å². The second-order valence-corrected chi connectivity index (χ2v) is 7.75. The average Bonchev–Trinajstić information content (AvgIpc) is 2.37. The van der Waals surface area contributed by atoms with Crippen LogP contribution in [0.15, 0.2) is 23.7 Å². The Kier molecular flexibility index (Phi) is 6.72. The van der Waals surface area contributed by atoms with Crippen LogP contribution in [0.3, 0.4) is 0 Å². The van der Waals surface area contributed by atoms with Gasteiger partial charge in [-0.05, 0) is 52.6 Å². The number of alkyl halides is 1. The Balaban J connectivity index is 2.77. The fourth-order valence-corrected chi connectivity index (χ4v) is 2.35. The number of halogens is 1. The van der Waals surface area contributed by atoms with Crippen LogP contribution >= 0.6 is 11.6 Å². The second-order valence-electron chi connectivity index (χ2n) is 7.00. The van der Waals surface area contributed by atoms with Gasteiger partial charge in [0, 0.05) is 6.54 Å². The third-order valence-electron chi connectivity index (χ3n) is 4.20. The zero-order valence-corrected chi connectivity index (χ0v) is 15.1. The molecule has 0 saturated carbocycles. The Labute approximate surface area is 139 Å². The van der Waals surface area contributed by atoms with E-state index in [4.69, 9.17) is 16.3 Å². The van der Waals surface area contributed by atoms with Crippen LogP contribution in [0.2, 0.25) is 0 Å². The molecule has 1 aliphatic carbocycles. The maximum absolute atomic E-state index is 10.3. The number of nitrogens with one attached hydrogen (secondary N) is 1. The van der Waals surface area contributed by atoms with E-state index in [0.29, 0.717) is 18.4 Å². The summed E-state index contributed by atoms with van der Waals surface area (Å²) in [4.78, 5) is -0.553. The molecule has 3 N–H and O–H groups in total. The van der Waals surface area contributed by atoms with Crippen LogP contribution in [0.4, 0.5) is 0 Å². The summed E-state index contributed by atoms with van der Waals surface area (Å²) in [5.41, 5.74) is -1.35. The Morgan fingerprint density at radius 3 is 2.59 bits per heavy atom. The van der Waals surface area contributed by atoms with E-state index in [1.54, 1.807) is 27.7 Å². The Hall–Kier alpha value is -0.325. The summed E-state index contributed by atoms with van der Waals surface area (Å²) in [5.74, 6) is 0. The van der Waals surface area contributed by atoms with Crippen molar-refractivity contribution in [1.82, 2.24) is 5.32 Å². The molecule has 1 unspecified atom stereocenters. The molecule has 1 rings (SSSR count). The summed E-state index contributed by atoms with van der Waals surface area (Å²) in [6.07, 6.45) is 7.37. The molecule has 0 saturated heterocycles. The van der Waals surface area contributed by atoms with Crippen molar-refractivity contribution in [1.29, 1.82) is 0 Å². The highest BCUT2D eigenvalue weighted by atomic mass is 35.5. The van der Waals surface area contributed by atoms with Crippen molar-refractivity contribution in [2.75, 3.05) is 13.1 Å². The zero-order chi connectivity index (χ0) is 17.0. The lowest BCUT2D eigenvalue weighted by Gasteiger charge is -2.39. The van der Waals surface area contributed by atoms with Crippen LogP contribution in [0.1, 0.15) is 47.5 Å². The maximum Gasteiger partial charge on any atom is 0.491 e. The largest absolute Gasteiger partial charge is 0.491 e. The van der Waals surface area contributed by atoms with Gasteiger partial charge in [0.25, 0.3) is 0 Å². The minimum atomic E-state index is -1.12. The summed E-state index contributed by atoms with van der Waals surface area (Å²) >= 11 is 6.60. The minimum Gasteiger partial charge on any atom is -0.423 e. The lowest BCUT2D eigenvalue weighted by atomic mass is 9.72. The molecule has 6 heteroatoms. The number of rotatable bonds is 8. The van der Waals surface area contributed by atoms with E-state index in [1.807, 2.05) is 18.2 Å². The molecule has 4 nitrogen and oxygen atoms in total. The van der Waals surface area contributed by atoms with Crippen molar-refractivity contribution in [3.63, 3.8) is 0 Å². The predicted octanol–water partition coefficient (Wildman–Crippen LogP) is 2.44. The molecule has 0 fully saturated rings. The molecular formula is C16H29BClNO3. The zero-order valence-electron chi connectivity index (χ0n) is 14.3. The van der Waals surface area contributed by atoms with Crippen LogP contribution in [0.5, 0.6) is 0 Å². The highest BCUT2D eigenvalue weighted by Gasteiger charge is 2.40. The van der Waals surface area contributed by atoms with Gasteiger partial charge in [0.15, 0.2) is 0 Å². The van der Waals surface area contributed by atoms with Crippen molar-refractivity contribution in [2.45, 2.75) is 63.5 Å². The van der Waals surface area contributed by atoms with Gasteiger partial charge in [-0.3, -0.25) is 0 Å². The van der Waals surface area contributed by atoms with Gasteiger partial charge in [-0.15, -0.1) is 11.6 Å². The first-order chi connectivity index (χ1) is 10.0. The van der Waals surface area contributed by atoms with Crippen LogP contribution in [0.25, 0.3) is 0 Å². The molecule has 0 aromatic carbocycles. The van der Waals surface area contributed by atoms with Crippen molar-refractivity contribution >= 4 is 18.7 Å². The molecule has 0 spiro atoms. The number of hydrogen-bond acceptors (Lipinski definition) is 4. The summed E-state index contributed by atoms with van der Waals surface area (Å²) in [6, 6.07) is 0. The lowest BCUT2D eigenvalue weighted by molar-refractivity contribution is -0.0987. The standard InChI is InChI=1S/C16H29BClNO3/c1-6-10-19-12-16(18)9-7-8-13(11-16)17(21)22-15(4,5)14(2,3)20/h7-8,11,19-21H,6,9-10,12H2,1-5H3.